The van der Waals surface area contributed by atoms with Crippen molar-refractivity contribution in [3.63, 3.8) is 0 Å². The standard InChI is InChI=1S/C46H70N10O10/c1-11-35-46(56-20-17-36(48)50-43(56)60)39(55(44(61)66-46)19-13-12-18-54-25-33(51-52-54)31-15-14-16-32(47)22-31)30(6)49-24-26(2)23-45(7,62-10)40(28(4)37(57)29(5)41(59)64-35)65-42-38(58)34(53(8)9)21-27(3)63-42/h14-17,20,22,25-30,34-35,38-40,42,49,58H,11-13,18-19,21,23-24,47H2,1-10H3,(H2,48,50,60)/t26-,27-,28+,29-,30-,34?,35-,38?,39-,40-,42+,45-,46-/m1/s1. The van der Waals surface area contributed by atoms with Gasteiger partial charge in [0.25, 0.3) is 5.72 Å². The number of aliphatic hydroxyl groups is 1. The van der Waals surface area contributed by atoms with Gasteiger partial charge in [-0.25, -0.2) is 9.59 Å². The van der Waals surface area contributed by atoms with Crippen LogP contribution in [0.1, 0.15) is 80.6 Å². The predicted molar refractivity (Wildman–Crippen MR) is 244 cm³/mol. The third kappa shape index (κ3) is 10.4. The Kier molecular flexibility index (Phi) is 16.0. The number of nitrogens with two attached hydrogens (primary N) is 2. The number of rotatable bonds is 12. The van der Waals surface area contributed by atoms with Gasteiger partial charge in [0.2, 0.25) is 0 Å². The van der Waals surface area contributed by atoms with Gasteiger partial charge in [0, 0.05) is 55.6 Å². The fourth-order valence-electron chi connectivity index (χ4n) is 10.1. The van der Waals surface area contributed by atoms with Gasteiger partial charge in [-0.3, -0.25) is 23.7 Å². The highest BCUT2D eigenvalue weighted by molar-refractivity contribution is 6.00. The van der Waals surface area contributed by atoms with E-state index in [-0.39, 0.29) is 36.8 Å². The molecule has 20 nitrogen and oxygen atoms in total. The number of cyclic esters (lactones) is 1. The summed E-state index contributed by atoms with van der Waals surface area (Å²) in [6, 6.07) is 6.95. The minimum atomic E-state index is -1.97. The van der Waals surface area contributed by atoms with E-state index in [1.165, 1.54) is 23.8 Å². The van der Waals surface area contributed by atoms with Gasteiger partial charge in [-0.05, 0) is 105 Å². The van der Waals surface area contributed by atoms with Crippen LogP contribution in [0.5, 0.6) is 0 Å². The summed E-state index contributed by atoms with van der Waals surface area (Å²) in [5.41, 5.74) is 10.2. The van der Waals surface area contributed by atoms with Gasteiger partial charge in [0.05, 0.1) is 24.0 Å². The Morgan fingerprint density at radius 2 is 1.77 bits per heavy atom. The molecule has 0 radical (unpaired) electrons. The molecule has 0 saturated carbocycles. The Hall–Kier alpha value is -4.99. The van der Waals surface area contributed by atoms with Crippen LogP contribution in [-0.2, 0) is 45.5 Å². The fraction of sp³-hybridized carbons (Fsp3) is 0.674. The maximum atomic E-state index is 14.7. The van der Waals surface area contributed by atoms with E-state index in [0.717, 1.165) is 5.56 Å². The minimum Gasteiger partial charge on any atom is -0.455 e. The van der Waals surface area contributed by atoms with Crippen LogP contribution in [-0.4, -0.2) is 146 Å². The summed E-state index contributed by atoms with van der Waals surface area (Å²) >= 11 is 0. The number of unbranched alkanes of at least 4 members (excludes halogenated alkanes) is 1. The van der Waals surface area contributed by atoms with Crippen LogP contribution in [0.3, 0.4) is 0 Å². The molecule has 1 aromatic carbocycles. The number of hydrogen-bond acceptors (Lipinski definition) is 17. The lowest BCUT2D eigenvalue weighted by Gasteiger charge is -2.46. The third-order valence-corrected chi connectivity index (χ3v) is 13.6. The van der Waals surface area contributed by atoms with E-state index in [4.69, 9.17) is 35.2 Å². The first-order chi connectivity index (χ1) is 31.2. The number of likely N-dealkylation sites (N-methyl/N-ethyl adjacent to an activating group) is 1. The third-order valence-electron chi connectivity index (χ3n) is 13.6. The largest absolute Gasteiger partial charge is 0.455 e. The van der Waals surface area contributed by atoms with Gasteiger partial charge in [-0.2, -0.15) is 4.98 Å². The minimum absolute atomic E-state index is 0.0522. The highest BCUT2D eigenvalue weighted by atomic mass is 16.7. The number of carbonyl (C=O) groups is 3. The molecule has 0 aliphatic carbocycles. The molecule has 66 heavy (non-hydrogen) atoms. The SMILES string of the molecule is CC[C@H]1OC(=O)[C@H](C)C(=O)[C@H](C)[C@@H](O[C@@H]2O[C@H](C)CC(N(C)C)C2O)[C@](C)(OC)C[C@@H](C)CN[C@H](C)[C@H]2N(CCCCn3cc(-c4cccc(N)c4)nn3)C(=O)O[C@]12n1ccc(N)nc1=O. The molecule has 2 aromatic heterocycles. The number of aryl methyl sites for hydroxylation is 1. The van der Waals surface area contributed by atoms with Crippen molar-refractivity contribution in [3.05, 3.63) is 53.2 Å². The summed E-state index contributed by atoms with van der Waals surface area (Å²) in [6.07, 6.45) is -0.127. The van der Waals surface area contributed by atoms with Crippen LogP contribution in [0, 0.1) is 17.8 Å². The number of benzene rings is 1. The molecule has 6 N–H and O–H groups in total. The molecule has 5 heterocycles. The Labute approximate surface area is 386 Å². The lowest BCUT2D eigenvalue weighted by atomic mass is 9.78. The smallest absolute Gasteiger partial charge is 0.412 e. The van der Waals surface area contributed by atoms with Crippen molar-refractivity contribution in [2.45, 2.75) is 147 Å². The number of aromatic nitrogens is 5. The van der Waals surface area contributed by atoms with E-state index in [0.29, 0.717) is 50.2 Å². The summed E-state index contributed by atoms with van der Waals surface area (Å²) in [5.74, 6) is -3.94. The van der Waals surface area contributed by atoms with Crippen molar-refractivity contribution >= 4 is 29.4 Å². The summed E-state index contributed by atoms with van der Waals surface area (Å²) in [7, 11) is 5.30. The van der Waals surface area contributed by atoms with Crippen LogP contribution in [0.2, 0.25) is 0 Å². The van der Waals surface area contributed by atoms with Crippen LogP contribution in [0.4, 0.5) is 16.3 Å². The average molecular weight is 923 g/mol. The first kappa shape index (κ1) is 50.4. The zero-order valence-corrected chi connectivity index (χ0v) is 40.0. The Bertz CT molecular complexity index is 2220. The molecule has 3 aromatic rings. The maximum absolute atomic E-state index is 14.7. The number of ketones is 1. The van der Waals surface area contributed by atoms with Crippen LogP contribution in [0.25, 0.3) is 11.3 Å². The molecule has 13 atom stereocenters. The second-order valence-electron chi connectivity index (χ2n) is 18.9. The van der Waals surface area contributed by atoms with E-state index in [1.807, 2.05) is 71.1 Å². The maximum Gasteiger partial charge on any atom is 0.412 e. The van der Waals surface area contributed by atoms with Crippen molar-refractivity contribution < 1.29 is 43.2 Å². The predicted octanol–water partition coefficient (Wildman–Crippen LogP) is 3.02. The number of carbonyl (C=O) groups excluding carboxylic acids is 3. The van der Waals surface area contributed by atoms with Crippen molar-refractivity contribution in [1.82, 2.24) is 39.7 Å². The number of aliphatic hydroxyl groups excluding tert-OH is 1. The zero-order chi connectivity index (χ0) is 48.2. The van der Waals surface area contributed by atoms with Crippen LogP contribution < -0.4 is 22.5 Å². The quantitative estimate of drug-likeness (QED) is 0.0882. The molecule has 3 aliphatic rings. The number of Topliss-reactive ketones (excluding diaryl/α,β-unsaturated/α-hetero) is 1. The molecule has 20 heteroatoms. The highest BCUT2D eigenvalue weighted by Gasteiger charge is 2.63. The second-order valence-corrected chi connectivity index (χ2v) is 18.9. The molecular formula is C46H70N10O10. The fourth-order valence-corrected chi connectivity index (χ4v) is 10.1. The lowest BCUT2D eigenvalue weighted by Crippen LogP contribution is -2.65. The first-order valence-electron chi connectivity index (χ1n) is 23.0. The van der Waals surface area contributed by atoms with Gasteiger partial charge in [-0.15, -0.1) is 5.10 Å². The van der Waals surface area contributed by atoms with E-state index in [1.54, 1.807) is 36.6 Å². The Morgan fingerprint density at radius 3 is 2.44 bits per heavy atom. The summed E-state index contributed by atoms with van der Waals surface area (Å²) in [5, 5.41) is 23.8. The van der Waals surface area contributed by atoms with Gasteiger partial charge >= 0.3 is 17.8 Å². The number of fused-ring (bicyclic) bond motifs is 1. The summed E-state index contributed by atoms with van der Waals surface area (Å²) < 4.78 is 34.8. The second kappa shape index (κ2) is 20.9. The van der Waals surface area contributed by atoms with E-state index in [9.17, 15) is 24.3 Å². The van der Waals surface area contributed by atoms with Crippen molar-refractivity contribution in [1.29, 1.82) is 0 Å². The number of hydrogen-bond donors (Lipinski definition) is 4. The molecule has 0 bridgehead atoms. The number of methoxy groups -OCH3 is 1. The summed E-state index contributed by atoms with van der Waals surface area (Å²) in [4.78, 5) is 65.0. The molecular weight excluding hydrogens is 853 g/mol. The van der Waals surface area contributed by atoms with Crippen LogP contribution >= 0.6 is 0 Å². The monoisotopic (exact) mass is 923 g/mol. The number of nitrogens with zero attached hydrogens (tertiary/aromatic N) is 7. The number of nitrogens with one attached hydrogen (secondary N) is 1. The normalized spacial score (nSPS) is 33.8. The number of ether oxygens (including phenoxy) is 5. The highest BCUT2D eigenvalue weighted by Crippen LogP contribution is 2.43. The van der Waals surface area contributed by atoms with Crippen LogP contribution in [0.15, 0.2) is 47.5 Å². The van der Waals surface area contributed by atoms with Gasteiger partial charge < -0.3 is 50.5 Å². The summed E-state index contributed by atoms with van der Waals surface area (Å²) in [6.45, 7) is 13.6. The molecule has 6 rings (SSSR count). The van der Waals surface area contributed by atoms with Crippen molar-refractivity contribution in [2.24, 2.45) is 17.8 Å². The molecule has 2 unspecified atom stereocenters. The number of amides is 1. The molecule has 3 aliphatic heterocycles. The van der Waals surface area contributed by atoms with Gasteiger partial charge in [0.15, 0.2) is 18.2 Å². The molecule has 364 valence electrons. The Balaban J connectivity index is 1.35. The number of nitrogen functional groups attached to an aromatic ring is 2. The number of esters is 1. The van der Waals surface area contributed by atoms with Crippen molar-refractivity contribution in [3.8, 4) is 11.3 Å². The van der Waals surface area contributed by atoms with E-state index < -0.39 is 83.4 Å². The molecule has 0 spiro atoms. The topological polar surface area (TPSA) is 254 Å². The van der Waals surface area contributed by atoms with E-state index in [2.05, 4.69) is 20.6 Å². The lowest BCUT2D eigenvalue weighted by molar-refractivity contribution is -0.295. The molecule has 3 fully saturated rings. The zero-order valence-electron chi connectivity index (χ0n) is 40.0. The molecule has 3 saturated heterocycles. The average Bonchev–Trinajstić information content (AvgIpc) is 3.87. The Morgan fingerprint density at radius 1 is 1.05 bits per heavy atom. The van der Waals surface area contributed by atoms with Crippen molar-refractivity contribution in [2.75, 3.05) is 45.8 Å². The molecule has 1 amide bonds. The first-order valence-corrected chi connectivity index (χ1v) is 23.0. The van der Waals surface area contributed by atoms with E-state index >= 15 is 0 Å². The van der Waals surface area contributed by atoms with Gasteiger partial charge in [-0.1, -0.05) is 38.1 Å². The van der Waals surface area contributed by atoms with Gasteiger partial charge in [0.1, 0.15) is 29.6 Å². The number of anilines is 2.